The third-order valence-electron chi connectivity index (χ3n) is 3.71. The molecule has 18 heavy (non-hydrogen) atoms. The second-order valence-electron chi connectivity index (χ2n) is 4.89. The highest BCUT2D eigenvalue weighted by Crippen LogP contribution is 2.21. The lowest BCUT2D eigenvalue weighted by Crippen LogP contribution is -2.37. The third-order valence-corrected chi connectivity index (χ3v) is 3.71. The summed E-state index contributed by atoms with van der Waals surface area (Å²) in [6.45, 7) is 2.83. The molecule has 0 saturated carbocycles. The number of hydrogen-bond acceptors (Lipinski definition) is 4. The fraction of sp³-hybridized carbons (Fsp3) is 0.429. The van der Waals surface area contributed by atoms with Crippen LogP contribution < -0.4 is 10.6 Å². The maximum Gasteiger partial charge on any atom is 0.225 e. The lowest BCUT2D eigenvalue weighted by atomic mass is 9.97. The van der Waals surface area contributed by atoms with Gasteiger partial charge in [0.25, 0.3) is 0 Å². The third kappa shape index (κ3) is 2.16. The molecule has 0 atom stereocenters. The highest BCUT2D eigenvalue weighted by molar-refractivity contribution is 5.78. The Morgan fingerprint density at radius 1 is 1.22 bits per heavy atom. The van der Waals surface area contributed by atoms with Gasteiger partial charge in [0, 0.05) is 24.7 Å². The molecule has 1 aromatic heterocycles. The number of anilines is 1. The standard InChI is InChI=1S/C14H18N4/c15-9-11-5-7-18(8-6-11)14-16-10-12-3-1-2-4-13(12)17-14/h1-4,10-11H,5-9,15H2. The first-order valence-corrected chi connectivity index (χ1v) is 6.53. The Morgan fingerprint density at radius 3 is 2.78 bits per heavy atom. The molecule has 2 heterocycles. The first-order valence-electron chi connectivity index (χ1n) is 6.53. The minimum absolute atomic E-state index is 0.668. The second-order valence-corrected chi connectivity index (χ2v) is 4.89. The number of piperidine rings is 1. The molecule has 0 radical (unpaired) electrons. The van der Waals surface area contributed by atoms with E-state index in [1.165, 1.54) is 0 Å². The van der Waals surface area contributed by atoms with Crippen molar-refractivity contribution in [2.24, 2.45) is 11.7 Å². The number of hydrogen-bond donors (Lipinski definition) is 1. The van der Waals surface area contributed by atoms with Gasteiger partial charge in [-0.3, -0.25) is 0 Å². The minimum atomic E-state index is 0.668. The summed E-state index contributed by atoms with van der Waals surface area (Å²) in [5.74, 6) is 1.52. The Kier molecular flexibility index (Phi) is 3.11. The molecule has 0 unspecified atom stereocenters. The van der Waals surface area contributed by atoms with E-state index < -0.39 is 0 Å². The van der Waals surface area contributed by atoms with Gasteiger partial charge in [0.05, 0.1) is 5.52 Å². The van der Waals surface area contributed by atoms with E-state index in [1.807, 2.05) is 30.5 Å². The minimum Gasteiger partial charge on any atom is -0.341 e. The molecule has 0 amide bonds. The topological polar surface area (TPSA) is 55.0 Å². The van der Waals surface area contributed by atoms with Gasteiger partial charge in [-0.05, 0) is 31.4 Å². The first kappa shape index (κ1) is 11.4. The van der Waals surface area contributed by atoms with Crippen LogP contribution in [0.15, 0.2) is 30.5 Å². The van der Waals surface area contributed by atoms with Crippen molar-refractivity contribution in [3.63, 3.8) is 0 Å². The van der Waals surface area contributed by atoms with Crippen molar-refractivity contribution in [2.45, 2.75) is 12.8 Å². The molecule has 1 saturated heterocycles. The molecule has 4 heteroatoms. The van der Waals surface area contributed by atoms with E-state index in [0.29, 0.717) is 5.92 Å². The van der Waals surface area contributed by atoms with E-state index in [9.17, 15) is 0 Å². The van der Waals surface area contributed by atoms with Crippen molar-refractivity contribution in [3.05, 3.63) is 30.5 Å². The molecule has 4 nitrogen and oxygen atoms in total. The summed E-state index contributed by atoms with van der Waals surface area (Å²) >= 11 is 0. The highest BCUT2D eigenvalue weighted by atomic mass is 15.2. The number of nitrogens with zero attached hydrogens (tertiary/aromatic N) is 3. The van der Waals surface area contributed by atoms with Crippen LogP contribution in [0.5, 0.6) is 0 Å². The van der Waals surface area contributed by atoms with Crippen LogP contribution in [-0.2, 0) is 0 Å². The molecule has 1 fully saturated rings. The largest absolute Gasteiger partial charge is 0.341 e. The Balaban J connectivity index is 1.82. The molecule has 0 bridgehead atoms. The molecule has 1 aliphatic heterocycles. The second kappa shape index (κ2) is 4.90. The SMILES string of the molecule is NCC1CCN(c2ncc3ccccc3n2)CC1. The van der Waals surface area contributed by atoms with Crippen LogP contribution in [0.3, 0.4) is 0 Å². The Hall–Kier alpha value is -1.68. The summed E-state index contributed by atoms with van der Waals surface area (Å²) < 4.78 is 0. The summed E-state index contributed by atoms with van der Waals surface area (Å²) in [6.07, 6.45) is 4.20. The summed E-state index contributed by atoms with van der Waals surface area (Å²) in [7, 11) is 0. The van der Waals surface area contributed by atoms with Gasteiger partial charge >= 0.3 is 0 Å². The lowest BCUT2D eigenvalue weighted by molar-refractivity contribution is 0.411. The van der Waals surface area contributed by atoms with Gasteiger partial charge < -0.3 is 10.6 Å². The van der Waals surface area contributed by atoms with Crippen LogP contribution in [0.25, 0.3) is 10.9 Å². The zero-order valence-corrected chi connectivity index (χ0v) is 10.4. The monoisotopic (exact) mass is 242 g/mol. The zero-order valence-electron chi connectivity index (χ0n) is 10.4. The lowest BCUT2D eigenvalue weighted by Gasteiger charge is -2.31. The van der Waals surface area contributed by atoms with Crippen molar-refractivity contribution < 1.29 is 0 Å². The average Bonchev–Trinajstić information content (AvgIpc) is 2.47. The quantitative estimate of drug-likeness (QED) is 0.872. The molecule has 1 aliphatic rings. The van der Waals surface area contributed by atoms with Gasteiger partial charge in [0.1, 0.15) is 0 Å². The highest BCUT2D eigenvalue weighted by Gasteiger charge is 2.19. The Bertz CT molecular complexity index is 532. The molecular formula is C14H18N4. The van der Waals surface area contributed by atoms with Crippen LogP contribution in [0, 0.1) is 5.92 Å². The van der Waals surface area contributed by atoms with E-state index in [4.69, 9.17) is 5.73 Å². The predicted molar refractivity (Wildman–Crippen MR) is 73.5 cm³/mol. The normalized spacial score (nSPS) is 17.3. The van der Waals surface area contributed by atoms with E-state index in [-0.39, 0.29) is 0 Å². The molecule has 94 valence electrons. The maximum absolute atomic E-state index is 5.71. The number of para-hydroxylation sites is 1. The Labute approximate surface area is 107 Å². The molecule has 0 aliphatic carbocycles. The molecular weight excluding hydrogens is 224 g/mol. The van der Waals surface area contributed by atoms with E-state index in [2.05, 4.69) is 14.9 Å². The summed E-state index contributed by atoms with van der Waals surface area (Å²) in [6, 6.07) is 8.10. The average molecular weight is 242 g/mol. The Morgan fingerprint density at radius 2 is 2.00 bits per heavy atom. The smallest absolute Gasteiger partial charge is 0.225 e. The molecule has 3 rings (SSSR count). The number of fused-ring (bicyclic) bond motifs is 1. The van der Waals surface area contributed by atoms with E-state index in [1.54, 1.807) is 0 Å². The van der Waals surface area contributed by atoms with Gasteiger partial charge in [-0.2, -0.15) is 0 Å². The van der Waals surface area contributed by atoms with Gasteiger partial charge in [0.15, 0.2) is 0 Å². The van der Waals surface area contributed by atoms with Crippen molar-refractivity contribution in [1.82, 2.24) is 9.97 Å². The van der Waals surface area contributed by atoms with Gasteiger partial charge in [-0.15, -0.1) is 0 Å². The van der Waals surface area contributed by atoms with Gasteiger partial charge in [-0.1, -0.05) is 18.2 Å². The summed E-state index contributed by atoms with van der Waals surface area (Å²) in [5, 5.41) is 1.10. The van der Waals surface area contributed by atoms with Crippen molar-refractivity contribution >= 4 is 16.9 Å². The number of nitrogens with two attached hydrogens (primary N) is 1. The number of rotatable bonds is 2. The van der Waals surface area contributed by atoms with Gasteiger partial charge in [-0.25, -0.2) is 9.97 Å². The molecule has 1 aromatic carbocycles. The number of aromatic nitrogens is 2. The van der Waals surface area contributed by atoms with Crippen LogP contribution in [0.2, 0.25) is 0 Å². The zero-order chi connectivity index (χ0) is 12.4. The molecule has 2 aromatic rings. The van der Waals surface area contributed by atoms with Crippen molar-refractivity contribution in [2.75, 3.05) is 24.5 Å². The summed E-state index contributed by atoms with van der Waals surface area (Å²) in [4.78, 5) is 11.4. The summed E-state index contributed by atoms with van der Waals surface area (Å²) in [5.41, 5.74) is 6.73. The van der Waals surface area contributed by atoms with E-state index in [0.717, 1.165) is 49.3 Å². The van der Waals surface area contributed by atoms with Crippen molar-refractivity contribution in [1.29, 1.82) is 0 Å². The van der Waals surface area contributed by atoms with Crippen LogP contribution in [-0.4, -0.2) is 29.6 Å². The van der Waals surface area contributed by atoms with Gasteiger partial charge in [0.2, 0.25) is 5.95 Å². The number of benzene rings is 1. The molecule has 0 spiro atoms. The van der Waals surface area contributed by atoms with Crippen LogP contribution in [0.1, 0.15) is 12.8 Å². The maximum atomic E-state index is 5.71. The van der Waals surface area contributed by atoms with Crippen LogP contribution in [0.4, 0.5) is 5.95 Å². The fourth-order valence-electron chi connectivity index (χ4n) is 2.48. The predicted octanol–water partition coefficient (Wildman–Crippen LogP) is 1.80. The van der Waals surface area contributed by atoms with Crippen molar-refractivity contribution in [3.8, 4) is 0 Å². The fourth-order valence-corrected chi connectivity index (χ4v) is 2.48. The van der Waals surface area contributed by atoms with E-state index >= 15 is 0 Å². The van der Waals surface area contributed by atoms with Crippen LogP contribution >= 0.6 is 0 Å². The first-order chi connectivity index (χ1) is 8.86. The molecule has 2 N–H and O–H groups in total.